The standard InChI is InChI=1S/C13H26N2/c1-11(2)13-4-3-6-15(7-5-13)10-12-8-14-9-12/h11-14H,3-10H2,1-2H3. The minimum atomic E-state index is 0.885. The zero-order valence-corrected chi connectivity index (χ0v) is 10.3. The molecule has 0 amide bonds. The third-order valence-corrected chi connectivity index (χ3v) is 4.19. The maximum atomic E-state index is 3.37. The second-order valence-corrected chi connectivity index (χ2v) is 5.76. The van der Waals surface area contributed by atoms with Gasteiger partial charge in [0.1, 0.15) is 0 Å². The summed E-state index contributed by atoms with van der Waals surface area (Å²) in [4.78, 5) is 2.70. The van der Waals surface area contributed by atoms with Crippen molar-refractivity contribution in [3.63, 3.8) is 0 Å². The molecule has 2 rings (SSSR count). The molecule has 0 aromatic heterocycles. The third-order valence-electron chi connectivity index (χ3n) is 4.19. The van der Waals surface area contributed by atoms with Gasteiger partial charge in [-0.05, 0) is 50.1 Å². The van der Waals surface area contributed by atoms with E-state index >= 15 is 0 Å². The van der Waals surface area contributed by atoms with Crippen LogP contribution in [-0.4, -0.2) is 37.6 Å². The van der Waals surface area contributed by atoms with Gasteiger partial charge in [-0.15, -0.1) is 0 Å². The van der Waals surface area contributed by atoms with Crippen molar-refractivity contribution < 1.29 is 0 Å². The van der Waals surface area contributed by atoms with E-state index in [4.69, 9.17) is 0 Å². The summed E-state index contributed by atoms with van der Waals surface area (Å²) in [6, 6.07) is 0. The first kappa shape index (κ1) is 11.4. The summed E-state index contributed by atoms with van der Waals surface area (Å²) in [7, 11) is 0. The predicted molar refractivity (Wildman–Crippen MR) is 65.0 cm³/mol. The second-order valence-electron chi connectivity index (χ2n) is 5.76. The van der Waals surface area contributed by atoms with Crippen LogP contribution in [0, 0.1) is 17.8 Å². The van der Waals surface area contributed by atoms with Crippen LogP contribution in [0.1, 0.15) is 33.1 Å². The zero-order valence-electron chi connectivity index (χ0n) is 10.3. The second kappa shape index (κ2) is 5.31. The fourth-order valence-corrected chi connectivity index (χ4v) is 2.87. The highest BCUT2D eigenvalue weighted by Crippen LogP contribution is 2.25. The number of hydrogen-bond acceptors (Lipinski definition) is 2. The van der Waals surface area contributed by atoms with E-state index in [0.717, 1.165) is 17.8 Å². The van der Waals surface area contributed by atoms with Crippen LogP contribution in [0.3, 0.4) is 0 Å². The van der Waals surface area contributed by atoms with Crippen LogP contribution in [0.25, 0.3) is 0 Å². The molecular weight excluding hydrogens is 184 g/mol. The maximum absolute atomic E-state index is 3.37. The molecule has 15 heavy (non-hydrogen) atoms. The Morgan fingerprint density at radius 3 is 2.60 bits per heavy atom. The molecule has 0 radical (unpaired) electrons. The molecule has 2 aliphatic rings. The predicted octanol–water partition coefficient (Wildman–Crippen LogP) is 1.96. The first-order valence-corrected chi connectivity index (χ1v) is 6.69. The van der Waals surface area contributed by atoms with Crippen LogP contribution in [-0.2, 0) is 0 Å². The summed E-state index contributed by atoms with van der Waals surface area (Å²) in [5.41, 5.74) is 0. The summed E-state index contributed by atoms with van der Waals surface area (Å²) in [6.07, 6.45) is 4.30. The van der Waals surface area contributed by atoms with Gasteiger partial charge in [0.15, 0.2) is 0 Å². The monoisotopic (exact) mass is 210 g/mol. The van der Waals surface area contributed by atoms with E-state index in [1.807, 2.05) is 0 Å². The summed E-state index contributed by atoms with van der Waals surface area (Å²) >= 11 is 0. The highest BCUT2D eigenvalue weighted by molar-refractivity contribution is 4.80. The van der Waals surface area contributed by atoms with Crippen molar-refractivity contribution in [3.05, 3.63) is 0 Å². The molecule has 2 aliphatic heterocycles. The van der Waals surface area contributed by atoms with Crippen molar-refractivity contribution >= 4 is 0 Å². The quantitative estimate of drug-likeness (QED) is 0.766. The lowest BCUT2D eigenvalue weighted by molar-refractivity contribution is 0.194. The molecule has 1 unspecified atom stereocenters. The van der Waals surface area contributed by atoms with Crippen molar-refractivity contribution in [2.45, 2.75) is 33.1 Å². The van der Waals surface area contributed by atoms with E-state index in [1.165, 1.54) is 52.0 Å². The Morgan fingerprint density at radius 2 is 2.00 bits per heavy atom. The molecule has 1 atom stereocenters. The first-order chi connectivity index (χ1) is 7.25. The van der Waals surface area contributed by atoms with E-state index < -0.39 is 0 Å². The van der Waals surface area contributed by atoms with E-state index in [9.17, 15) is 0 Å². The van der Waals surface area contributed by atoms with Gasteiger partial charge in [0, 0.05) is 19.6 Å². The third kappa shape index (κ3) is 3.18. The lowest BCUT2D eigenvalue weighted by Crippen LogP contribution is -2.48. The summed E-state index contributed by atoms with van der Waals surface area (Å²) in [6.45, 7) is 11.3. The summed E-state index contributed by atoms with van der Waals surface area (Å²) in [5.74, 6) is 2.81. The number of rotatable bonds is 3. The molecule has 0 aromatic rings. The molecule has 2 nitrogen and oxygen atoms in total. The minimum Gasteiger partial charge on any atom is -0.316 e. The van der Waals surface area contributed by atoms with E-state index in [0.29, 0.717) is 0 Å². The van der Waals surface area contributed by atoms with Crippen molar-refractivity contribution in [3.8, 4) is 0 Å². The molecule has 2 heteroatoms. The smallest absolute Gasteiger partial charge is 0.00340 e. The van der Waals surface area contributed by atoms with Gasteiger partial charge in [-0.3, -0.25) is 0 Å². The summed E-state index contributed by atoms with van der Waals surface area (Å²) < 4.78 is 0. The molecule has 2 heterocycles. The van der Waals surface area contributed by atoms with Crippen LogP contribution in [0.2, 0.25) is 0 Å². The molecular formula is C13H26N2. The van der Waals surface area contributed by atoms with Gasteiger partial charge < -0.3 is 10.2 Å². The topological polar surface area (TPSA) is 15.3 Å². The van der Waals surface area contributed by atoms with E-state index in [2.05, 4.69) is 24.1 Å². The zero-order chi connectivity index (χ0) is 10.7. The molecule has 2 saturated heterocycles. The Bertz CT molecular complexity index is 187. The van der Waals surface area contributed by atoms with Gasteiger partial charge in [0.2, 0.25) is 0 Å². The number of hydrogen-bond donors (Lipinski definition) is 1. The summed E-state index contributed by atoms with van der Waals surface area (Å²) in [5, 5.41) is 3.37. The molecule has 0 bridgehead atoms. The van der Waals surface area contributed by atoms with Gasteiger partial charge in [-0.1, -0.05) is 13.8 Å². The van der Waals surface area contributed by atoms with Gasteiger partial charge >= 0.3 is 0 Å². The molecule has 0 aromatic carbocycles. The van der Waals surface area contributed by atoms with Crippen LogP contribution >= 0.6 is 0 Å². The molecule has 2 fully saturated rings. The number of nitrogens with one attached hydrogen (secondary N) is 1. The molecule has 0 spiro atoms. The maximum Gasteiger partial charge on any atom is 0.00340 e. The Balaban J connectivity index is 1.73. The average Bonchev–Trinajstić information content (AvgIpc) is 2.36. The highest BCUT2D eigenvalue weighted by atomic mass is 15.1. The van der Waals surface area contributed by atoms with Gasteiger partial charge in [-0.25, -0.2) is 0 Å². The van der Waals surface area contributed by atoms with Gasteiger partial charge in [0.25, 0.3) is 0 Å². The molecule has 88 valence electrons. The average molecular weight is 210 g/mol. The van der Waals surface area contributed by atoms with Crippen molar-refractivity contribution in [1.29, 1.82) is 0 Å². The Kier molecular flexibility index (Phi) is 4.04. The normalized spacial score (nSPS) is 30.2. The Morgan fingerprint density at radius 1 is 1.20 bits per heavy atom. The Labute approximate surface area is 94.4 Å². The lowest BCUT2D eigenvalue weighted by atomic mass is 9.89. The van der Waals surface area contributed by atoms with Crippen LogP contribution in [0.5, 0.6) is 0 Å². The van der Waals surface area contributed by atoms with Gasteiger partial charge in [-0.2, -0.15) is 0 Å². The molecule has 0 saturated carbocycles. The SMILES string of the molecule is CC(C)C1CCCN(CC2CNC2)CC1. The van der Waals surface area contributed by atoms with Crippen molar-refractivity contribution in [1.82, 2.24) is 10.2 Å². The van der Waals surface area contributed by atoms with Crippen molar-refractivity contribution in [2.75, 3.05) is 32.7 Å². The molecule has 1 N–H and O–H groups in total. The number of nitrogens with zero attached hydrogens (tertiary/aromatic N) is 1. The van der Waals surface area contributed by atoms with E-state index in [1.54, 1.807) is 0 Å². The first-order valence-electron chi connectivity index (χ1n) is 6.69. The Hall–Kier alpha value is -0.0800. The van der Waals surface area contributed by atoms with Gasteiger partial charge in [0.05, 0.1) is 0 Å². The van der Waals surface area contributed by atoms with Crippen LogP contribution in [0.4, 0.5) is 0 Å². The fourth-order valence-electron chi connectivity index (χ4n) is 2.87. The largest absolute Gasteiger partial charge is 0.316 e. The highest BCUT2D eigenvalue weighted by Gasteiger charge is 2.23. The van der Waals surface area contributed by atoms with Crippen LogP contribution < -0.4 is 5.32 Å². The van der Waals surface area contributed by atoms with Crippen LogP contribution in [0.15, 0.2) is 0 Å². The van der Waals surface area contributed by atoms with E-state index in [-0.39, 0.29) is 0 Å². The minimum absolute atomic E-state index is 0.885. The molecule has 0 aliphatic carbocycles. The fraction of sp³-hybridized carbons (Fsp3) is 1.00. The van der Waals surface area contributed by atoms with Crippen molar-refractivity contribution in [2.24, 2.45) is 17.8 Å². The number of likely N-dealkylation sites (tertiary alicyclic amines) is 1. The lowest BCUT2D eigenvalue weighted by Gasteiger charge is -2.32.